The molecular weight excluding hydrogens is 705 g/mol. The third-order valence-corrected chi connectivity index (χ3v) is 13.2. The number of amides is 3. The summed E-state index contributed by atoms with van der Waals surface area (Å²) in [6, 6.07) is 0. The van der Waals surface area contributed by atoms with Crippen molar-refractivity contribution >= 4 is 18.3 Å². The fourth-order valence-electron chi connectivity index (χ4n) is 8.14. The molecule has 0 radical (unpaired) electrons. The first-order valence-electron chi connectivity index (χ1n) is 23.2. The maximum atomic E-state index is 13.6. The van der Waals surface area contributed by atoms with Gasteiger partial charge in [-0.25, -0.2) is 24.2 Å². The van der Waals surface area contributed by atoms with Crippen molar-refractivity contribution in [1.82, 2.24) is 9.80 Å². The SMILES string of the molecule is C=C(OC1(CC)CCCC1)N(CCCCCCCCCC(C)C(C)(C)OC(=O)N(CCCCCCCCC)C(=O)OC(C)(C)CC)C(=O)OC1(CC)CCCC1. The summed E-state index contributed by atoms with van der Waals surface area (Å²) in [5.41, 5.74) is -1.95. The Labute approximate surface area is 343 Å². The second-order valence-corrected chi connectivity index (χ2v) is 18.4. The van der Waals surface area contributed by atoms with E-state index >= 15 is 0 Å². The van der Waals surface area contributed by atoms with Crippen molar-refractivity contribution in [2.75, 3.05) is 13.1 Å². The van der Waals surface area contributed by atoms with E-state index in [1.807, 2.05) is 34.6 Å². The predicted molar refractivity (Wildman–Crippen MR) is 229 cm³/mol. The second-order valence-electron chi connectivity index (χ2n) is 18.4. The number of carbonyl (C=O) groups excluding carboxylic acids is 3. The molecule has 56 heavy (non-hydrogen) atoms. The molecule has 1 atom stereocenters. The molecule has 0 aromatic carbocycles. The lowest BCUT2D eigenvalue weighted by molar-refractivity contribution is -0.0498. The Balaban J connectivity index is 1.80. The Morgan fingerprint density at radius 3 is 1.50 bits per heavy atom. The molecule has 0 heterocycles. The number of nitrogens with zero attached hydrogens (tertiary/aromatic N) is 2. The van der Waals surface area contributed by atoms with Crippen molar-refractivity contribution in [2.24, 2.45) is 5.92 Å². The van der Waals surface area contributed by atoms with Gasteiger partial charge in [-0.15, -0.1) is 0 Å². The molecule has 2 saturated carbocycles. The first-order valence-corrected chi connectivity index (χ1v) is 23.2. The number of rotatable bonds is 28. The predicted octanol–water partition coefficient (Wildman–Crippen LogP) is 14.4. The Hall–Kier alpha value is -2.45. The summed E-state index contributed by atoms with van der Waals surface area (Å²) in [6.07, 6.45) is 25.3. The zero-order valence-corrected chi connectivity index (χ0v) is 37.8. The first kappa shape index (κ1) is 49.7. The van der Waals surface area contributed by atoms with Gasteiger partial charge in [0.05, 0.1) is 0 Å². The summed E-state index contributed by atoms with van der Waals surface area (Å²) in [5, 5.41) is 0. The van der Waals surface area contributed by atoms with Gasteiger partial charge in [0.25, 0.3) is 0 Å². The number of imide groups is 1. The maximum Gasteiger partial charge on any atom is 0.419 e. The molecule has 0 bridgehead atoms. The van der Waals surface area contributed by atoms with Crippen molar-refractivity contribution in [2.45, 2.75) is 252 Å². The van der Waals surface area contributed by atoms with Gasteiger partial charge in [0.2, 0.25) is 0 Å². The van der Waals surface area contributed by atoms with Gasteiger partial charge in [-0.2, -0.15) is 0 Å². The molecule has 9 nitrogen and oxygen atoms in total. The van der Waals surface area contributed by atoms with Crippen LogP contribution in [0.2, 0.25) is 0 Å². The molecule has 2 rings (SSSR count). The second kappa shape index (κ2) is 25.1. The number of ether oxygens (including phenoxy) is 4. The van der Waals surface area contributed by atoms with Crippen LogP contribution in [-0.2, 0) is 18.9 Å². The van der Waals surface area contributed by atoms with E-state index in [4.69, 9.17) is 18.9 Å². The Morgan fingerprint density at radius 1 is 0.589 bits per heavy atom. The van der Waals surface area contributed by atoms with E-state index in [-0.39, 0.29) is 23.2 Å². The van der Waals surface area contributed by atoms with E-state index in [0.29, 0.717) is 25.4 Å². The molecule has 9 heteroatoms. The molecule has 0 aromatic rings. The van der Waals surface area contributed by atoms with Crippen LogP contribution in [-0.4, -0.2) is 63.6 Å². The standard InChI is InChI=1S/C47H86N2O7/c1-11-15-16-17-20-24-31-38-49(42(51)54-44(7,8)12-2)43(52)55-45(9,10)39(5)32-25-22-19-18-21-23-30-37-48(40(6)53-46(13-3)33-26-27-34-46)41(50)56-47(14-4)35-28-29-36-47/h39H,6,11-38H2,1-5,7-10H3. The summed E-state index contributed by atoms with van der Waals surface area (Å²) >= 11 is 0. The number of hydrogen-bond donors (Lipinski definition) is 0. The van der Waals surface area contributed by atoms with Crippen molar-refractivity contribution in [1.29, 1.82) is 0 Å². The molecule has 2 fully saturated rings. The van der Waals surface area contributed by atoms with Gasteiger partial charge in [-0.3, -0.25) is 0 Å². The average molecular weight is 791 g/mol. The van der Waals surface area contributed by atoms with Gasteiger partial charge in [-0.1, -0.05) is 112 Å². The van der Waals surface area contributed by atoms with Crippen molar-refractivity contribution in [3.63, 3.8) is 0 Å². The van der Waals surface area contributed by atoms with E-state index in [0.717, 1.165) is 135 Å². The zero-order chi connectivity index (χ0) is 41.7. The van der Waals surface area contributed by atoms with Crippen LogP contribution in [0.15, 0.2) is 12.5 Å². The van der Waals surface area contributed by atoms with E-state index in [1.165, 1.54) is 30.6 Å². The van der Waals surface area contributed by atoms with Crippen LogP contribution in [0, 0.1) is 5.92 Å². The first-order chi connectivity index (χ1) is 26.6. The largest absolute Gasteiger partial charge is 0.473 e. The van der Waals surface area contributed by atoms with E-state index < -0.39 is 23.4 Å². The quantitative estimate of drug-likeness (QED) is 0.0442. The van der Waals surface area contributed by atoms with Gasteiger partial charge in [0, 0.05) is 13.1 Å². The van der Waals surface area contributed by atoms with Crippen LogP contribution < -0.4 is 0 Å². The molecular formula is C47H86N2O7. The van der Waals surface area contributed by atoms with Gasteiger partial charge < -0.3 is 18.9 Å². The minimum absolute atomic E-state index is 0.128. The summed E-state index contributed by atoms with van der Waals surface area (Å²) < 4.78 is 24.5. The van der Waals surface area contributed by atoms with Crippen molar-refractivity contribution in [3.8, 4) is 0 Å². The monoisotopic (exact) mass is 791 g/mol. The van der Waals surface area contributed by atoms with E-state index in [2.05, 4.69) is 34.3 Å². The molecule has 2 aliphatic rings. The van der Waals surface area contributed by atoms with Gasteiger partial charge >= 0.3 is 18.3 Å². The van der Waals surface area contributed by atoms with E-state index in [1.54, 1.807) is 4.90 Å². The topological polar surface area (TPSA) is 94.6 Å². The Kier molecular flexibility index (Phi) is 22.3. The lowest BCUT2D eigenvalue weighted by Crippen LogP contribution is -2.46. The Bertz CT molecular complexity index is 1120. The fraction of sp³-hybridized carbons (Fsp3) is 0.894. The van der Waals surface area contributed by atoms with Gasteiger partial charge in [0.15, 0.2) is 5.88 Å². The highest BCUT2D eigenvalue weighted by molar-refractivity contribution is 5.88. The number of carbonyl (C=O) groups is 3. The molecule has 0 aliphatic heterocycles. The van der Waals surface area contributed by atoms with Gasteiger partial charge in [-0.05, 0) is 130 Å². The number of unbranched alkanes of at least 4 members (excludes halogenated alkanes) is 12. The number of hydrogen-bond acceptors (Lipinski definition) is 7. The lowest BCUT2D eigenvalue weighted by Gasteiger charge is -2.36. The lowest BCUT2D eigenvalue weighted by atomic mass is 9.87. The normalized spacial score (nSPS) is 16.9. The third-order valence-electron chi connectivity index (χ3n) is 13.2. The van der Waals surface area contributed by atoms with Crippen molar-refractivity contribution in [3.05, 3.63) is 12.5 Å². The summed E-state index contributed by atoms with van der Waals surface area (Å²) in [6.45, 7) is 23.4. The molecule has 1 unspecified atom stereocenters. The highest BCUT2D eigenvalue weighted by Crippen LogP contribution is 2.40. The summed E-state index contributed by atoms with van der Waals surface area (Å²) in [4.78, 5) is 43.2. The van der Waals surface area contributed by atoms with E-state index in [9.17, 15) is 14.4 Å². The highest BCUT2D eigenvalue weighted by Gasteiger charge is 2.40. The van der Waals surface area contributed by atoms with Crippen LogP contribution >= 0.6 is 0 Å². The molecule has 3 amide bonds. The smallest absolute Gasteiger partial charge is 0.419 e. The average Bonchev–Trinajstić information content (AvgIpc) is 3.83. The van der Waals surface area contributed by atoms with Crippen LogP contribution in [0.3, 0.4) is 0 Å². The molecule has 0 aromatic heterocycles. The van der Waals surface area contributed by atoms with Gasteiger partial charge in [0.1, 0.15) is 22.4 Å². The Morgan fingerprint density at radius 2 is 1.02 bits per heavy atom. The molecule has 2 aliphatic carbocycles. The fourth-order valence-corrected chi connectivity index (χ4v) is 8.14. The third kappa shape index (κ3) is 17.2. The maximum absolute atomic E-state index is 13.6. The summed E-state index contributed by atoms with van der Waals surface area (Å²) in [7, 11) is 0. The molecule has 0 N–H and O–H groups in total. The molecule has 326 valence electrons. The van der Waals surface area contributed by atoms with Crippen LogP contribution in [0.5, 0.6) is 0 Å². The zero-order valence-electron chi connectivity index (χ0n) is 37.8. The van der Waals surface area contributed by atoms with Crippen molar-refractivity contribution < 1.29 is 33.3 Å². The van der Waals surface area contributed by atoms with Crippen LogP contribution in [0.4, 0.5) is 14.4 Å². The van der Waals surface area contributed by atoms with Crippen LogP contribution in [0.25, 0.3) is 0 Å². The molecule has 0 saturated heterocycles. The highest BCUT2D eigenvalue weighted by atomic mass is 16.6. The van der Waals surface area contributed by atoms with Crippen LogP contribution in [0.1, 0.15) is 229 Å². The molecule has 0 spiro atoms. The minimum atomic E-state index is -0.722. The summed E-state index contributed by atoms with van der Waals surface area (Å²) in [5.74, 6) is 0.579. The minimum Gasteiger partial charge on any atom is -0.473 e.